The molecule has 4 aliphatic rings. The van der Waals surface area contributed by atoms with E-state index < -0.39 is 33.1 Å². The Morgan fingerprint density at radius 3 is 2.56 bits per heavy atom. The van der Waals surface area contributed by atoms with E-state index in [0.717, 1.165) is 25.7 Å². The monoisotopic (exact) mass is 647 g/mol. The smallest absolute Gasteiger partial charge is 0.394 e. The Labute approximate surface area is 260 Å². The number of halogens is 3. The van der Waals surface area contributed by atoms with Crippen molar-refractivity contribution in [1.29, 1.82) is 0 Å². The summed E-state index contributed by atoms with van der Waals surface area (Å²) in [7, 11) is -4.20. The quantitative estimate of drug-likeness (QED) is 0.377. The number of aromatic nitrogens is 3. The average Bonchev–Trinajstić information content (AvgIpc) is 3.53. The highest BCUT2D eigenvalue weighted by atomic mass is 32.2. The molecule has 1 N–H and O–H groups in total. The fourth-order valence-electron chi connectivity index (χ4n) is 6.27. The van der Waals surface area contributed by atoms with E-state index in [2.05, 4.69) is 23.7 Å². The Morgan fingerprint density at radius 1 is 1.09 bits per heavy atom. The van der Waals surface area contributed by atoms with Gasteiger partial charge >= 0.3 is 6.18 Å². The van der Waals surface area contributed by atoms with Gasteiger partial charge in [-0.2, -0.15) is 13.2 Å². The van der Waals surface area contributed by atoms with E-state index in [4.69, 9.17) is 14.5 Å². The maximum absolute atomic E-state index is 13.6. The number of hydrogen-bond donors (Lipinski definition) is 1. The Hall–Kier alpha value is -3.81. The molecule has 2 aromatic heterocycles. The molecule has 3 aromatic rings. The van der Waals surface area contributed by atoms with Gasteiger partial charge in [0, 0.05) is 24.3 Å². The number of nitrogens with zero attached hydrogens (tertiary/aromatic N) is 4. The fourth-order valence-corrected chi connectivity index (χ4v) is 7.23. The Kier molecular flexibility index (Phi) is 7.99. The van der Waals surface area contributed by atoms with E-state index in [9.17, 15) is 26.4 Å². The highest BCUT2D eigenvalue weighted by Crippen LogP contribution is 2.59. The minimum absolute atomic E-state index is 0.0767. The number of anilines is 1. The van der Waals surface area contributed by atoms with Crippen molar-refractivity contribution in [3.05, 3.63) is 54.2 Å². The maximum atomic E-state index is 13.6. The number of ether oxygens (including phenoxy) is 2. The number of alkyl halides is 3. The summed E-state index contributed by atoms with van der Waals surface area (Å²) in [5.74, 6) is 0.853. The molecule has 1 saturated heterocycles. The van der Waals surface area contributed by atoms with Gasteiger partial charge in [0.15, 0.2) is 5.82 Å². The molecule has 5 heterocycles. The van der Waals surface area contributed by atoms with E-state index in [1.165, 1.54) is 22.9 Å². The number of fused-ring (bicyclic) bond motifs is 8. The van der Waals surface area contributed by atoms with Crippen LogP contribution in [0.4, 0.5) is 19.0 Å². The zero-order valence-corrected chi connectivity index (χ0v) is 26.0. The number of carbonyl (C=O) groups excluding carboxylic acids is 1. The zero-order valence-electron chi connectivity index (χ0n) is 25.1. The number of pyridine rings is 1. The van der Waals surface area contributed by atoms with Crippen LogP contribution in [0.25, 0.3) is 5.82 Å². The molecule has 45 heavy (non-hydrogen) atoms. The van der Waals surface area contributed by atoms with E-state index in [-0.39, 0.29) is 42.2 Å². The van der Waals surface area contributed by atoms with Gasteiger partial charge < -0.3 is 14.4 Å². The second-order valence-corrected chi connectivity index (χ2v) is 14.4. The van der Waals surface area contributed by atoms with Crippen LogP contribution >= 0.6 is 0 Å². The van der Waals surface area contributed by atoms with Crippen LogP contribution in [0.5, 0.6) is 11.6 Å². The maximum Gasteiger partial charge on any atom is 0.394 e. The normalized spacial score (nSPS) is 22.2. The van der Waals surface area contributed by atoms with Crippen molar-refractivity contribution in [3.63, 3.8) is 0 Å². The van der Waals surface area contributed by atoms with E-state index >= 15 is 0 Å². The fraction of sp³-hybridized carbons (Fsp3) is 0.516. The molecule has 1 unspecified atom stereocenters. The average molecular weight is 648 g/mol. The molecular weight excluding hydrogens is 611 g/mol. The summed E-state index contributed by atoms with van der Waals surface area (Å²) in [6.07, 6.45) is 0.992. The van der Waals surface area contributed by atoms with E-state index in [1.54, 1.807) is 30.5 Å². The number of hydrogen-bond acceptors (Lipinski definition) is 8. The van der Waals surface area contributed by atoms with Crippen molar-refractivity contribution in [2.45, 2.75) is 75.4 Å². The van der Waals surface area contributed by atoms with Gasteiger partial charge in [0.05, 0.1) is 29.1 Å². The lowest BCUT2D eigenvalue weighted by Gasteiger charge is -2.34. The van der Waals surface area contributed by atoms with Crippen LogP contribution in [0, 0.1) is 11.3 Å². The molecule has 2 fully saturated rings. The van der Waals surface area contributed by atoms with Gasteiger partial charge in [-0.3, -0.25) is 4.79 Å². The summed E-state index contributed by atoms with van der Waals surface area (Å²) in [6, 6.07) is 10.5. The van der Waals surface area contributed by atoms with Crippen LogP contribution in [-0.4, -0.2) is 60.6 Å². The summed E-state index contributed by atoms with van der Waals surface area (Å²) in [5, 5.41) is 4.35. The molecule has 0 radical (unpaired) electrons. The number of benzene rings is 1. The number of sulfonamides is 1. The predicted molar refractivity (Wildman–Crippen MR) is 159 cm³/mol. The summed E-state index contributed by atoms with van der Waals surface area (Å²) in [4.78, 5) is 20.4. The second-order valence-electron chi connectivity index (χ2n) is 12.8. The highest BCUT2D eigenvalue weighted by Gasteiger charge is 2.62. The summed E-state index contributed by atoms with van der Waals surface area (Å²) in [5.41, 5.74) is -1.97. The molecule has 1 aliphatic carbocycles. The lowest BCUT2D eigenvalue weighted by Crippen LogP contribution is -2.41. The van der Waals surface area contributed by atoms with Crippen molar-refractivity contribution >= 4 is 21.7 Å². The second kappa shape index (κ2) is 11.5. The van der Waals surface area contributed by atoms with Crippen LogP contribution < -0.4 is 19.1 Å². The van der Waals surface area contributed by atoms with E-state index in [0.29, 0.717) is 36.5 Å². The standard InChI is InChI=1S/C31H36F3N5O5S/c1-29(2)19-21-5-3-4-17-43-22-6-8-23(9-7-22)45(41,42)37-28(40)24-10-11-25(35-27(24)38(29)20-21)39-16-12-26(36-39)44-18-15-30(13-14-30)31(32,33)34/h6-12,16,21H,3-5,13-15,17-20H2,1-2H3,(H,37,40). The van der Waals surface area contributed by atoms with Crippen molar-refractivity contribution in [2.24, 2.45) is 11.3 Å². The van der Waals surface area contributed by atoms with Crippen molar-refractivity contribution < 1.29 is 35.9 Å². The molecule has 14 heteroatoms. The van der Waals surface area contributed by atoms with Gasteiger partial charge in [-0.05, 0) is 101 Å². The molecule has 242 valence electrons. The summed E-state index contributed by atoms with van der Waals surface area (Å²) >= 11 is 0. The van der Waals surface area contributed by atoms with Crippen LogP contribution in [0.15, 0.2) is 53.6 Å². The van der Waals surface area contributed by atoms with Crippen molar-refractivity contribution in [2.75, 3.05) is 24.7 Å². The Balaban J connectivity index is 1.29. The molecule has 1 aromatic carbocycles. The zero-order chi connectivity index (χ0) is 32.0. The van der Waals surface area contributed by atoms with Crippen molar-refractivity contribution in [1.82, 2.24) is 19.5 Å². The largest absolute Gasteiger partial charge is 0.494 e. The molecule has 3 aliphatic heterocycles. The molecular formula is C31H36F3N5O5S. The Bertz CT molecular complexity index is 1670. The number of nitrogens with one attached hydrogen (secondary N) is 1. The Morgan fingerprint density at radius 2 is 1.84 bits per heavy atom. The van der Waals surface area contributed by atoms with Crippen LogP contribution in [0.1, 0.15) is 69.2 Å². The molecule has 1 atom stereocenters. The number of carbonyl (C=O) groups is 1. The van der Waals surface area contributed by atoms with Crippen LogP contribution in [-0.2, 0) is 10.0 Å². The highest BCUT2D eigenvalue weighted by molar-refractivity contribution is 7.90. The molecule has 0 spiro atoms. The molecule has 1 amide bonds. The lowest BCUT2D eigenvalue weighted by molar-refractivity contribution is -0.190. The molecule has 10 nitrogen and oxygen atoms in total. The number of rotatable bonds is 5. The first-order valence-electron chi connectivity index (χ1n) is 15.1. The van der Waals surface area contributed by atoms with Crippen molar-refractivity contribution in [3.8, 4) is 17.4 Å². The topological polar surface area (TPSA) is 116 Å². The predicted octanol–water partition coefficient (Wildman–Crippen LogP) is 5.67. The van der Waals surface area contributed by atoms with Gasteiger partial charge in [-0.25, -0.2) is 22.8 Å². The van der Waals surface area contributed by atoms with Crippen LogP contribution in [0.2, 0.25) is 0 Å². The SMILES string of the molecule is CC1(C)CC2CCCCOc3ccc(cc3)S(=O)(=O)NC(=O)c3ccc(-n4ccc(OCCC5(C(F)(F)F)CC5)n4)nc3N1C2. The first kappa shape index (κ1) is 31.2. The minimum Gasteiger partial charge on any atom is -0.494 e. The first-order chi connectivity index (χ1) is 21.3. The molecule has 7 rings (SSSR count). The lowest BCUT2D eigenvalue weighted by atomic mass is 9.93. The third-order valence-electron chi connectivity index (χ3n) is 9.04. The van der Waals surface area contributed by atoms with Gasteiger partial charge in [0.25, 0.3) is 15.9 Å². The molecule has 1 saturated carbocycles. The first-order valence-corrected chi connectivity index (χ1v) is 16.6. The summed E-state index contributed by atoms with van der Waals surface area (Å²) < 4.78 is 81.1. The van der Waals surface area contributed by atoms with E-state index in [1.807, 2.05) is 4.90 Å². The van der Waals surface area contributed by atoms with Gasteiger partial charge in [-0.15, -0.1) is 5.10 Å². The minimum atomic E-state index is -4.25. The molecule has 4 bridgehead atoms. The van der Waals surface area contributed by atoms with Gasteiger partial charge in [-0.1, -0.05) is 0 Å². The van der Waals surface area contributed by atoms with Gasteiger partial charge in [0.2, 0.25) is 5.88 Å². The summed E-state index contributed by atoms with van der Waals surface area (Å²) in [6.45, 7) is 5.13. The number of amides is 1. The van der Waals surface area contributed by atoms with Crippen LogP contribution in [0.3, 0.4) is 0 Å². The third-order valence-corrected chi connectivity index (χ3v) is 10.4. The van der Waals surface area contributed by atoms with Gasteiger partial charge in [0.1, 0.15) is 11.6 Å². The third kappa shape index (κ3) is 6.47.